The van der Waals surface area contributed by atoms with Crippen molar-refractivity contribution in [2.24, 2.45) is 0 Å². The van der Waals surface area contributed by atoms with Gasteiger partial charge in [0.25, 0.3) is 0 Å². The molecular weight excluding hydrogens is 150 g/mol. The molecule has 0 aromatic heterocycles. The van der Waals surface area contributed by atoms with Crippen LogP contribution in [0.2, 0.25) is 0 Å². The van der Waals surface area contributed by atoms with Gasteiger partial charge < -0.3 is 5.73 Å². The summed E-state index contributed by atoms with van der Waals surface area (Å²) >= 11 is 0. The van der Waals surface area contributed by atoms with Gasteiger partial charge in [-0.2, -0.15) is 0 Å². The van der Waals surface area contributed by atoms with E-state index in [-0.39, 0.29) is 5.78 Å². The third-order valence-electron chi connectivity index (χ3n) is 1.51. The third kappa shape index (κ3) is 1.95. The molecule has 1 aromatic carbocycles. The second-order valence-electron chi connectivity index (χ2n) is 2.49. The van der Waals surface area contributed by atoms with Crippen LogP contribution in [0.3, 0.4) is 0 Å². The number of benzene rings is 1. The molecule has 0 unspecified atom stereocenters. The van der Waals surface area contributed by atoms with E-state index in [1.165, 1.54) is 6.08 Å². The van der Waals surface area contributed by atoms with Crippen LogP contribution in [-0.4, -0.2) is 5.78 Å². The van der Waals surface area contributed by atoms with E-state index in [9.17, 15) is 4.79 Å². The number of carbonyl (C=O) groups excluding carboxylic acids is 1. The van der Waals surface area contributed by atoms with E-state index in [0.717, 1.165) is 0 Å². The molecule has 0 aliphatic carbocycles. The van der Waals surface area contributed by atoms with Gasteiger partial charge in [0.15, 0.2) is 5.78 Å². The van der Waals surface area contributed by atoms with Crippen LogP contribution >= 0.6 is 0 Å². The average Bonchev–Trinajstić information content (AvgIpc) is 2.06. The molecule has 0 saturated carbocycles. The van der Waals surface area contributed by atoms with Gasteiger partial charge in [0.05, 0.1) is 0 Å². The van der Waals surface area contributed by atoms with Crippen LogP contribution in [-0.2, 0) is 0 Å². The zero-order valence-corrected chi connectivity index (χ0v) is 6.95. The summed E-state index contributed by atoms with van der Waals surface area (Å²) in [6.07, 6.45) is 3.25. The van der Waals surface area contributed by atoms with Crippen LogP contribution in [0.4, 0.5) is 5.69 Å². The monoisotopic (exact) mass is 161 g/mol. The molecule has 0 saturated heterocycles. The van der Waals surface area contributed by atoms with Crippen molar-refractivity contribution in [3.8, 4) is 0 Å². The highest BCUT2D eigenvalue weighted by molar-refractivity contribution is 6.04. The van der Waals surface area contributed by atoms with Crippen molar-refractivity contribution in [1.29, 1.82) is 0 Å². The molecule has 0 aliphatic heterocycles. The first-order chi connectivity index (χ1) is 5.74. The predicted molar refractivity (Wildman–Crippen MR) is 50.0 cm³/mol. The quantitative estimate of drug-likeness (QED) is 0.409. The third-order valence-corrected chi connectivity index (χ3v) is 1.51. The van der Waals surface area contributed by atoms with Crippen molar-refractivity contribution in [2.75, 3.05) is 5.73 Å². The lowest BCUT2D eigenvalue weighted by Gasteiger charge is -1.95. The highest BCUT2D eigenvalue weighted by atomic mass is 16.1. The Labute approximate surface area is 71.7 Å². The van der Waals surface area contributed by atoms with Gasteiger partial charge in [0.1, 0.15) is 0 Å². The Balaban J connectivity index is 2.90. The summed E-state index contributed by atoms with van der Waals surface area (Å²) < 4.78 is 0. The lowest BCUT2D eigenvalue weighted by atomic mass is 10.1. The van der Waals surface area contributed by atoms with E-state index in [4.69, 9.17) is 5.73 Å². The van der Waals surface area contributed by atoms with Crippen molar-refractivity contribution < 1.29 is 4.79 Å². The Hall–Kier alpha value is -1.57. The standard InChI is InChI=1S/C10H11NO/c1-2-3-10(12)8-4-6-9(11)7-5-8/h2-7H,11H2,1H3. The van der Waals surface area contributed by atoms with E-state index in [0.29, 0.717) is 11.3 Å². The van der Waals surface area contributed by atoms with Gasteiger partial charge in [-0.3, -0.25) is 4.79 Å². The van der Waals surface area contributed by atoms with Crippen molar-refractivity contribution in [1.82, 2.24) is 0 Å². The zero-order valence-electron chi connectivity index (χ0n) is 6.95. The molecule has 2 heteroatoms. The number of carbonyl (C=O) groups is 1. The van der Waals surface area contributed by atoms with Crippen molar-refractivity contribution in [2.45, 2.75) is 6.92 Å². The Morgan fingerprint density at radius 2 is 1.92 bits per heavy atom. The van der Waals surface area contributed by atoms with Gasteiger partial charge in [0, 0.05) is 11.3 Å². The number of allylic oxidation sites excluding steroid dienone is 2. The number of rotatable bonds is 2. The van der Waals surface area contributed by atoms with Crippen molar-refractivity contribution in [3.05, 3.63) is 42.0 Å². The van der Waals surface area contributed by atoms with Gasteiger partial charge in [-0.05, 0) is 37.3 Å². The molecule has 0 aliphatic rings. The molecule has 0 fully saturated rings. The van der Waals surface area contributed by atoms with Gasteiger partial charge in [-0.15, -0.1) is 0 Å². The van der Waals surface area contributed by atoms with Crippen molar-refractivity contribution >= 4 is 11.5 Å². The zero-order chi connectivity index (χ0) is 8.97. The minimum Gasteiger partial charge on any atom is -0.399 e. The minimum atomic E-state index is 0.0116. The summed E-state index contributed by atoms with van der Waals surface area (Å²) in [5.74, 6) is 0.0116. The van der Waals surface area contributed by atoms with Gasteiger partial charge in [-0.25, -0.2) is 0 Å². The molecule has 2 nitrogen and oxygen atoms in total. The topological polar surface area (TPSA) is 43.1 Å². The van der Waals surface area contributed by atoms with Gasteiger partial charge >= 0.3 is 0 Å². The molecule has 1 rings (SSSR count). The molecule has 0 radical (unpaired) electrons. The Morgan fingerprint density at radius 3 is 2.42 bits per heavy atom. The molecule has 1 aromatic rings. The number of hydrogen-bond donors (Lipinski definition) is 1. The minimum absolute atomic E-state index is 0.0116. The normalized spacial score (nSPS) is 10.4. The molecule has 12 heavy (non-hydrogen) atoms. The van der Waals surface area contributed by atoms with Crippen LogP contribution < -0.4 is 5.73 Å². The van der Waals surface area contributed by atoms with E-state index in [1.54, 1.807) is 30.3 Å². The lowest BCUT2D eigenvalue weighted by molar-refractivity contribution is 0.104. The van der Waals surface area contributed by atoms with Crippen LogP contribution in [0.1, 0.15) is 17.3 Å². The molecule has 0 heterocycles. The summed E-state index contributed by atoms with van der Waals surface area (Å²) in [5, 5.41) is 0. The summed E-state index contributed by atoms with van der Waals surface area (Å²) in [5.41, 5.74) is 6.81. The Bertz CT molecular complexity index is 298. The van der Waals surface area contributed by atoms with E-state index >= 15 is 0 Å². The molecule has 0 atom stereocenters. The van der Waals surface area contributed by atoms with Crippen LogP contribution in [0, 0.1) is 0 Å². The SMILES string of the molecule is CC=CC(=O)c1ccc(N)cc1. The number of nitrogen functional groups attached to an aromatic ring is 1. The molecule has 2 N–H and O–H groups in total. The molecular formula is C10H11NO. The van der Waals surface area contributed by atoms with E-state index in [1.807, 2.05) is 6.92 Å². The lowest BCUT2D eigenvalue weighted by Crippen LogP contribution is -1.94. The summed E-state index contributed by atoms with van der Waals surface area (Å²) in [4.78, 5) is 11.2. The fourth-order valence-corrected chi connectivity index (χ4v) is 0.895. The van der Waals surface area contributed by atoms with Crippen LogP contribution in [0.15, 0.2) is 36.4 Å². The number of nitrogens with two attached hydrogens (primary N) is 1. The fourth-order valence-electron chi connectivity index (χ4n) is 0.895. The van der Waals surface area contributed by atoms with Gasteiger partial charge in [0.2, 0.25) is 0 Å². The molecule has 0 amide bonds. The number of hydrogen-bond acceptors (Lipinski definition) is 2. The number of ketones is 1. The first kappa shape index (κ1) is 8.53. The highest BCUT2D eigenvalue weighted by Gasteiger charge is 1.98. The first-order valence-electron chi connectivity index (χ1n) is 3.76. The van der Waals surface area contributed by atoms with Gasteiger partial charge in [-0.1, -0.05) is 6.08 Å². The number of anilines is 1. The maximum Gasteiger partial charge on any atom is 0.185 e. The van der Waals surface area contributed by atoms with Crippen molar-refractivity contribution in [3.63, 3.8) is 0 Å². The summed E-state index contributed by atoms with van der Waals surface area (Å²) in [6.45, 7) is 1.81. The predicted octanol–water partition coefficient (Wildman–Crippen LogP) is 2.03. The maximum atomic E-state index is 11.2. The van der Waals surface area contributed by atoms with Crippen LogP contribution in [0.5, 0.6) is 0 Å². The first-order valence-corrected chi connectivity index (χ1v) is 3.76. The summed E-state index contributed by atoms with van der Waals surface area (Å²) in [7, 11) is 0. The second-order valence-corrected chi connectivity index (χ2v) is 2.49. The Kier molecular flexibility index (Phi) is 2.64. The molecule has 62 valence electrons. The van der Waals surface area contributed by atoms with Crippen LogP contribution in [0.25, 0.3) is 0 Å². The summed E-state index contributed by atoms with van der Waals surface area (Å²) in [6, 6.07) is 6.88. The smallest absolute Gasteiger partial charge is 0.185 e. The average molecular weight is 161 g/mol. The second kappa shape index (κ2) is 3.72. The largest absolute Gasteiger partial charge is 0.399 e. The Morgan fingerprint density at radius 1 is 1.33 bits per heavy atom. The fraction of sp³-hybridized carbons (Fsp3) is 0.100. The molecule has 0 spiro atoms. The maximum absolute atomic E-state index is 11.2. The van der Waals surface area contributed by atoms with E-state index < -0.39 is 0 Å². The highest BCUT2D eigenvalue weighted by Crippen LogP contribution is 2.06. The molecule has 0 bridgehead atoms. The van der Waals surface area contributed by atoms with E-state index in [2.05, 4.69) is 0 Å².